The third-order valence-electron chi connectivity index (χ3n) is 3.37. The minimum absolute atomic E-state index is 0.762. The normalized spacial score (nSPS) is 14.4. The molecular weight excluding hydrogens is 286 g/mol. The van der Waals surface area contributed by atoms with Crippen LogP contribution in [-0.4, -0.2) is 6.04 Å². The van der Waals surface area contributed by atoms with Crippen molar-refractivity contribution in [2.45, 2.75) is 36.1 Å². The summed E-state index contributed by atoms with van der Waals surface area (Å²) >= 11 is 7.87. The second-order valence-corrected chi connectivity index (χ2v) is 6.71. The van der Waals surface area contributed by atoms with Crippen molar-refractivity contribution in [3.05, 3.63) is 64.7 Å². The predicted molar refractivity (Wildman–Crippen MR) is 87.3 cm³/mol. The van der Waals surface area contributed by atoms with Gasteiger partial charge in [0.25, 0.3) is 0 Å². The standard InChI is InChI=1S/C17H18ClNS/c18-15-5-1-4-14(9-15)12-20-17-6-2-3-13(10-17)11-19-16-7-8-16/h1-6,9-10,16,19H,7-8,11-12H2. The molecule has 0 radical (unpaired) electrons. The van der Waals surface area contributed by atoms with Crippen LogP contribution >= 0.6 is 23.4 Å². The number of rotatable bonds is 6. The third kappa shape index (κ3) is 4.27. The Bertz CT molecular complexity index is 581. The highest BCUT2D eigenvalue weighted by Gasteiger charge is 2.19. The van der Waals surface area contributed by atoms with Gasteiger partial charge in [0.1, 0.15) is 0 Å². The van der Waals surface area contributed by atoms with E-state index in [0.717, 1.165) is 23.4 Å². The molecule has 0 aromatic heterocycles. The zero-order valence-electron chi connectivity index (χ0n) is 11.3. The molecule has 2 aromatic rings. The third-order valence-corrected chi connectivity index (χ3v) is 4.67. The van der Waals surface area contributed by atoms with E-state index in [1.54, 1.807) is 0 Å². The van der Waals surface area contributed by atoms with Gasteiger partial charge in [0.05, 0.1) is 0 Å². The Balaban J connectivity index is 1.57. The van der Waals surface area contributed by atoms with Crippen LogP contribution in [0.1, 0.15) is 24.0 Å². The number of hydrogen-bond acceptors (Lipinski definition) is 2. The summed E-state index contributed by atoms with van der Waals surface area (Å²) in [5, 5.41) is 4.37. The molecule has 0 spiro atoms. The second-order valence-electron chi connectivity index (χ2n) is 5.22. The molecular formula is C17H18ClNS. The zero-order valence-corrected chi connectivity index (χ0v) is 12.9. The first kappa shape index (κ1) is 14.0. The number of benzene rings is 2. The number of halogens is 1. The maximum Gasteiger partial charge on any atom is 0.0409 e. The van der Waals surface area contributed by atoms with Crippen LogP contribution in [-0.2, 0) is 12.3 Å². The molecule has 0 amide bonds. The first-order valence-corrected chi connectivity index (χ1v) is 8.35. The van der Waals surface area contributed by atoms with Crippen LogP contribution in [0.2, 0.25) is 5.02 Å². The highest BCUT2D eigenvalue weighted by molar-refractivity contribution is 7.98. The topological polar surface area (TPSA) is 12.0 Å². The van der Waals surface area contributed by atoms with Crippen molar-refractivity contribution < 1.29 is 0 Å². The van der Waals surface area contributed by atoms with E-state index in [9.17, 15) is 0 Å². The lowest BCUT2D eigenvalue weighted by atomic mass is 10.2. The molecule has 0 bridgehead atoms. The Morgan fingerprint density at radius 1 is 1.05 bits per heavy atom. The van der Waals surface area contributed by atoms with Crippen molar-refractivity contribution in [1.29, 1.82) is 0 Å². The summed E-state index contributed by atoms with van der Waals surface area (Å²) in [4.78, 5) is 1.32. The van der Waals surface area contributed by atoms with E-state index in [2.05, 4.69) is 35.6 Å². The molecule has 0 atom stereocenters. The Labute approximate surface area is 129 Å². The molecule has 0 heterocycles. The smallest absolute Gasteiger partial charge is 0.0409 e. The Hall–Kier alpha value is -0.960. The van der Waals surface area contributed by atoms with Crippen LogP contribution in [0, 0.1) is 0 Å². The molecule has 20 heavy (non-hydrogen) atoms. The van der Waals surface area contributed by atoms with Gasteiger partial charge < -0.3 is 5.32 Å². The van der Waals surface area contributed by atoms with E-state index >= 15 is 0 Å². The Morgan fingerprint density at radius 2 is 1.85 bits per heavy atom. The minimum Gasteiger partial charge on any atom is -0.310 e. The molecule has 2 aromatic carbocycles. The quantitative estimate of drug-likeness (QED) is 0.763. The van der Waals surface area contributed by atoms with Gasteiger partial charge in [0, 0.05) is 28.3 Å². The molecule has 3 rings (SSSR count). The monoisotopic (exact) mass is 303 g/mol. The summed E-state index contributed by atoms with van der Waals surface area (Å²) < 4.78 is 0. The summed E-state index contributed by atoms with van der Waals surface area (Å²) in [5.74, 6) is 0.958. The second kappa shape index (κ2) is 6.66. The van der Waals surface area contributed by atoms with Crippen LogP contribution < -0.4 is 5.32 Å². The first-order chi connectivity index (χ1) is 9.79. The summed E-state index contributed by atoms with van der Waals surface area (Å²) in [6.07, 6.45) is 2.67. The van der Waals surface area contributed by atoms with Crippen molar-refractivity contribution in [2.75, 3.05) is 0 Å². The van der Waals surface area contributed by atoms with E-state index in [1.165, 1.54) is 28.9 Å². The maximum absolute atomic E-state index is 6.01. The fourth-order valence-electron chi connectivity index (χ4n) is 2.09. The van der Waals surface area contributed by atoms with Gasteiger partial charge in [-0.2, -0.15) is 0 Å². The summed E-state index contributed by atoms with van der Waals surface area (Å²) in [6.45, 7) is 0.982. The van der Waals surface area contributed by atoms with Gasteiger partial charge in [-0.3, -0.25) is 0 Å². The van der Waals surface area contributed by atoms with Gasteiger partial charge in [0.2, 0.25) is 0 Å². The fraction of sp³-hybridized carbons (Fsp3) is 0.294. The lowest BCUT2D eigenvalue weighted by Crippen LogP contribution is -2.15. The molecule has 0 aliphatic heterocycles. The van der Waals surface area contributed by atoms with Crippen LogP contribution in [0.3, 0.4) is 0 Å². The van der Waals surface area contributed by atoms with E-state index in [-0.39, 0.29) is 0 Å². The summed E-state index contributed by atoms with van der Waals surface area (Å²) in [7, 11) is 0. The Kier molecular flexibility index (Phi) is 4.66. The van der Waals surface area contributed by atoms with E-state index in [0.29, 0.717) is 0 Å². The molecule has 1 saturated carbocycles. The maximum atomic E-state index is 6.01. The van der Waals surface area contributed by atoms with Crippen molar-refractivity contribution in [2.24, 2.45) is 0 Å². The molecule has 1 nitrogen and oxygen atoms in total. The van der Waals surface area contributed by atoms with Crippen LogP contribution in [0.5, 0.6) is 0 Å². The molecule has 1 aliphatic carbocycles. The average Bonchev–Trinajstić information content (AvgIpc) is 3.28. The minimum atomic E-state index is 0.762. The highest BCUT2D eigenvalue weighted by Crippen LogP contribution is 2.25. The van der Waals surface area contributed by atoms with Crippen LogP contribution in [0.25, 0.3) is 0 Å². The molecule has 1 fully saturated rings. The lowest BCUT2D eigenvalue weighted by molar-refractivity contribution is 0.687. The lowest BCUT2D eigenvalue weighted by Gasteiger charge is -2.06. The molecule has 104 valence electrons. The van der Waals surface area contributed by atoms with Crippen molar-refractivity contribution in [3.63, 3.8) is 0 Å². The Morgan fingerprint density at radius 3 is 2.65 bits per heavy atom. The average molecular weight is 304 g/mol. The molecule has 1 aliphatic rings. The predicted octanol–water partition coefficient (Wildman–Crippen LogP) is 4.88. The SMILES string of the molecule is Clc1cccc(CSc2cccc(CNC3CC3)c2)c1. The van der Waals surface area contributed by atoms with Crippen molar-refractivity contribution in [1.82, 2.24) is 5.32 Å². The highest BCUT2D eigenvalue weighted by atomic mass is 35.5. The van der Waals surface area contributed by atoms with E-state index in [1.807, 2.05) is 30.0 Å². The summed E-state index contributed by atoms with van der Waals surface area (Å²) in [6, 6.07) is 17.6. The molecule has 3 heteroatoms. The van der Waals surface area contributed by atoms with Gasteiger partial charge in [-0.15, -0.1) is 11.8 Å². The number of nitrogens with one attached hydrogen (secondary N) is 1. The molecule has 0 unspecified atom stereocenters. The first-order valence-electron chi connectivity index (χ1n) is 6.99. The van der Waals surface area contributed by atoms with Gasteiger partial charge in [-0.25, -0.2) is 0 Å². The molecule has 0 saturated heterocycles. The summed E-state index contributed by atoms with van der Waals surface area (Å²) in [5.41, 5.74) is 2.64. The van der Waals surface area contributed by atoms with E-state index < -0.39 is 0 Å². The van der Waals surface area contributed by atoms with Gasteiger partial charge in [0.15, 0.2) is 0 Å². The molecule has 1 N–H and O–H groups in total. The van der Waals surface area contributed by atoms with Gasteiger partial charge in [-0.1, -0.05) is 35.9 Å². The van der Waals surface area contributed by atoms with Gasteiger partial charge in [-0.05, 0) is 48.2 Å². The van der Waals surface area contributed by atoms with Gasteiger partial charge >= 0.3 is 0 Å². The van der Waals surface area contributed by atoms with Crippen molar-refractivity contribution in [3.8, 4) is 0 Å². The van der Waals surface area contributed by atoms with Crippen molar-refractivity contribution >= 4 is 23.4 Å². The number of hydrogen-bond donors (Lipinski definition) is 1. The largest absolute Gasteiger partial charge is 0.310 e. The number of thioether (sulfide) groups is 1. The van der Waals surface area contributed by atoms with Crippen LogP contribution in [0.15, 0.2) is 53.4 Å². The fourth-order valence-corrected chi connectivity index (χ4v) is 3.22. The van der Waals surface area contributed by atoms with Crippen LogP contribution in [0.4, 0.5) is 0 Å². The zero-order chi connectivity index (χ0) is 13.8. The van der Waals surface area contributed by atoms with E-state index in [4.69, 9.17) is 11.6 Å².